The fourth-order valence-electron chi connectivity index (χ4n) is 2.65. The monoisotopic (exact) mass is 360 g/mol. The van der Waals surface area contributed by atoms with E-state index in [2.05, 4.69) is 65.0 Å². The van der Waals surface area contributed by atoms with Crippen LogP contribution in [0.4, 0.5) is 0 Å². The maximum Gasteiger partial charge on any atom is 0.138 e. The van der Waals surface area contributed by atoms with E-state index in [4.69, 9.17) is 0 Å². The Bertz CT molecular complexity index is 522. The van der Waals surface area contributed by atoms with Crippen LogP contribution in [0.5, 0.6) is 0 Å². The Balaban J connectivity index is 4.46. The molecule has 0 aliphatic carbocycles. The van der Waals surface area contributed by atoms with Gasteiger partial charge in [-0.1, -0.05) is 83.1 Å². The topological polar surface area (TPSA) is 37.3 Å². The van der Waals surface area contributed by atoms with Gasteiger partial charge in [-0.15, -0.1) is 0 Å². The molecule has 0 saturated carbocycles. The number of aliphatic hydroxyl groups excluding tert-OH is 1. The number of Topliss-reactive ketones (excluding diaryl/α,β-unsaturated/α-hetero) is 1. The predicted molar refractivity (Wildman–Crippen MR) is 114 cm³/mol. The predicted octanol–water partition coefficient (Wildman–Crippen LogP) is 6.43. The molecule has 0 heterocycles. The van der Waals surface area contributed by atoms with Crippen molar-refractivity contribution in [2.45, 2.75) is 80.3 Å². The van der Waals surface area contributed by atoms with Crippen molar-refractivity contribution in [3.05, 3.63) is 47.6 Å². The highest BCUT2D eigenvalue weighted by Gasteiger charge is 2.19. The molecule has 0 aliphatic heterocycles. The Labute approximate surface area is 161 Å². The fraction of sp³-hybridized carbons (Fsp3) is 0.625. The minimum atomic E-state index is -0.652. The Kier molecular flexibility index (Phi) is 13.0. The molecule has 0 bridgehead atoms. The minimum absolute atomic E-state index is 0.0353. The van der Waals surface area contributed by atoms with Crippen LogP contribution in [0.25, 0.3) is 0 Å². The van der Waals surface area contributed by atoms with E-state index < -0.39 is 6.10 Å². The van der Waals surface area contributed by atoms with Gasteiger partial charge in [0.05, 0.1) is 6.10 Å². The molecule has 4 atom stereocenters. The van der Waals surface area contributed by atoms with Gasteiger partial charge in [0.15, 0.2) is 0 Å². The maximum atomic E-state index is 12.4. The molecule has 1 N–H and O–H groups in total. The highest BCUT2D eigenvalue weighted by molar-refractivity contribution is 5.81. The molecule has 0 radical (unpaired) electrons. The maximum absolute atomic E-state index is 12.4. The van der Waals surface area contributed by atoms with E-state index in [1.54, 1.807) is 0 Å². The number of allylic oxidation sites excluding steroid dienone is 7. The van der Waals surface area contributed by atoms with Crippen molar-refractivity contribution in [1.29, 1.82) is 0 Å². The summed E-state index contributed by atoms with van der Waals surface area (Å²) in [5.41, 5.74) is 2.27. The number of carbonyl (C=O) groups excluding carboxylic acids is 1. The van der Waals surface area contributed by atoms with Gasteiger partial charge in [-0.3, -0.25) is 4.79 Å². The van der Waals surface area contributed by atoms with Gasteiger partial charge in [0.25, 0.3) is 0 Å². The number of hydrogen-bond acceptors (Lipinski definition) is 2. The molecule has 0 aromatic carbocycles. The van der Waals surface area contributed by atoms with E-state index in [1.165, 1.54) is 5.57 Å². The summed E-state index contributed by atoms with van der Waals surface area (Å²) in [7, 11) is 0. The third-order valence-corrected chi connectivity index (χ3v) is 4.99. The summed E-state index contributed by atoms with van der Waals surface area (Å²) in [6.45, 7) is 14.5. The molecule has 0 saturated heterocycles. The van der Waals surface area contributed by atoms with Crippen molar-refractivity contribution < 1.29 is 9.90 Å². The SMILES string of the molecule is CC/C(C)=C/C=C/C=C/[C@@H](C)CC(C)C(=O)CC(O)/C(C)=C/[C@@H](C)CC. The molecule has 0 spiro atoms. The molecular weight excluding hydrogens is 320 g/mol. The van der Waals surface area contributed by atoms with Gasteiger partial charge in [0, 0.05) is 12.3 Å². The summed E-state index contributed by atoms with van der Waals surface area (Å²) in [6, 6.07) is 0. The highest BCUT2D eigenvalue weighted by atomic mass is 16.3. The van der Waals surface area contributed by atoms with Crippen LogP contribution in [0.2, 0.25) is 0 Å². The van der Waals surface area contributed by atoms with Gasteiger partial charge in [0.1, 0.15) is 5.78 Å². The van der Waals surface area contributed by atoms with Crippen LogP contribution in [0.15, 0.2) is 47.6 Å². The fourth-order valence-corrected chi connectivity index (χ4v) is 2.65. The minimum Gasteiger partial charge on any atom is -0.388 e. The quantitative estimate of drug-likeness (QED) is 0.321. The lowest BCUT2D eigenvalue weighted by Gasteiger charge is -2.17. The molecule has 0 amide bonds. The van der Waals surface area contributed by atoms with E-state index in [9.17, 15) is 9.90 Å². The largest absolute Gasteiger partial charge is 0.388 e. The summed E-state index contributed by atoms with van der Waals surface area (Å²) >= 11 is 0. The van der Waals surface area contributed by atoms with Crippen molar-refractivity contribution in [1.82, 2.24) is 0 Å². The molecule has 2 unspecified atom stereocenters. The van der Waals surface area contributed by atoms with Gasteiger partial charge in [-0.2, -0.15) is 0 Å². The van der Waals surface area contributed by atoms with Crippen molar-refractivity contribution in [3.8, 4) is 0 Å². The van der Waals surface area contributed by atoms with E-state index in [-0.39, 0.29) is 18.1 Å². The average Bonchev–Trinajstić information content (AvgIpc) is 2.60. The molecule has 0 fully saturated rings. The van der Waals surface area contributed by atoms with E-state index in [0.717, 1.165) is 24.8 Å². The second kappa shape index (κ2) is 13.7. The van der Waals surface area contributed by atoms with Crippen LogP contribution >= 0.6 is 0 Å². The first-order valence-corrected chi connectivity index (χ1v) is 10.1. The third kappa shape index (κ3) is 11.3. The molecule has 2 heteroatoms. The van der Waals surface area contributed by atoms with Crippen molar-refractivity contribution in [3.63, 3.8) is 0 Å². The molecule has 148 valence electrons. The van der Waals surface area contributed by atoms with Crippen LogP contribution in [0.1, 0.15) is 74.1 Å². The van der Waals surface area contributed by atoms with Crippen LogP contribution in [0, 0.1) is 17.8 Å². The molecule has 0 aromatic rings. The number of ketones is 1. The number of carbonyl (C=O) groups is 1. The van der Waals surface area contributed by atoms with Crippen molar-refractivity contribution in [2.75, 3.05) is 0 Å². The van der Waals surface area contributed by atoms with E-state index in [1.807, 2.05) is 19.9 Å². The number of aliphatic hydroxyl groups is 1. The molecular formula is C24H40O2. The second-order valence-corrected chi connectivity index (χ2v) is 7.73. The zero-order chi connectivity index (χ0) is 20.1. The smallest absolute Gasteiger partial charge is 0.138 e. The lowest BCUT2D eigenvalue weighted by atomic mass is 9.89. The van der Waals surface area contributed by atoms with E-state index >= 15 is 0 Å². The summed E-state index contributed by atoms with van der Waals surface area (Å²) < 4.78 is 0. The highest BCUT2D eigenvalue weighted by Crippen LogP contribution is 2.19. The second-order valence-electron chi connectivity index (χ2n) is 7.73. The molecule has 0 aromatic heterocycles. The van der Waals surface area contributed by atoms with Gasteiger partial charge >= 0.3 is 0 Å². The summed E-state index contributed by atoms with van der Waals surface area (Å²) in [6.07, 6.45) is 15.0. The molecule has 2 nitrogen and oxygen atoms in total. The Hall–Kier alpha value is -1.41. The first kappa shape index (κ1) is 24.6. The third-order valence-electron chi connectivity index (χ3n) is 4.99. The zero-order valence-electron chi connectivity index (χ0n) is 18.0. The Morgan fingerprint density at radius 2 is 1.65 bits per heavy atom. The van der Waals surface area contributed by atoms with Gasteiger partial charge < -0.3 is 5.11 Å². The van der Waals surface area contributed by atoms with Gasteiger partial charge in [0.2, 0.25) is 0 Å². The van der Waals surface area contributed by atoms with Gasteiger partial charge in [-0.25, -0.2) is 0 Å². The Morgan fingerprint density at radius 1 is 1.00 bits per heavy atom. The first-order chi connectivity index (χ1) is 12.2. The summed E-state index contributed by atoms with van der Waals surface area (Å²) in [5.74, 6) is 0.883. The lowest BCUT2D eigenvalue weighted by Crippen LogP contribution is -2.21. The average molecular weight is 361 g/mol. The zero-order valence-corrected chi connectivity index (χ0v) is 18.0. The van der Waals surface area contributed by atoms with Crippen LogP contribution in [-0.4, -0.2) is 17.0 Å². The van der Waals surface area contributed by atoms with E-state index in [0.29, 0.717) is 11.8 Å². The Morgan fingerprint density at radius 3 is 2.23 bits per heavy atom. The normalized spacial score (nSPS) is 18.3. The first-order valence-electron chi connectivity index (χ1n) is 10.1. The molecule has 0 aliphatic rings. The molecule has 0 rings (SSSR count). The summed E-state index contributed by atoms with van der Waals surface area (Å²) in [4.78, 5) is 12.4. The van der Waals surface area contributed by atoms with Crippen LogP contribution in [0.3, 0.4) is 0 Å². The van der Waals surface area contributed by atoms with Crippen molar-refractivity contribution in [2.24, 2.45) is 17.8 Å². The van der Waals surface area contributed by atoms with Crippen LogP contribution < -0.4 is 0 Å². The van der Waals surface area contributed by atoms with Crippen molar-refractivity contribution >= 4 is 5.78 Å². The number of rotatable bonds is 12. The van der Waals surface area contributed by atoms with Crippen LogP contribution in [-0.2, 0) is 4.79 Å². The van der Waals surface area contributed by atoms with Gasteiger partial charge in [-0.05, 0) is 44.1 Å². The summed E-state index contributed by atoms with van der Waals surface area (Å²) in [5, 5.41) is 10.3. The lowest BCUT2D eigenvalue weighted by molar-refractivity contribution is -0.124. The standard InChI is InChI=1S/C24H40O2/c1-8-18(3)13-11-10-12-14-20(5)16-22(7)24(26)17-23(25)21(6)15-19(4)9-2/h10-15,19-20,22-23,25H,8-9,16-17H2,1-7H3/b11-10+,14-12+,18-13+,21-15+/t19-,20+,22?,23?/m0/s1. The molecule has 26 heavy (non-hydrogen) atoms. The number of hydrogen-bond donors (Lipinski definition) is 1.